The Hall–Kier alpha value is -3.28. The number of methoxy groups -OCH3 is 1. The highest BCUT2D eigenvalue weighted by Gasteiger charge is 2.35. The number of carbonyl (C=O) groups is 2. The smallest absolute Gasteiger partial charge is 0.416 e. The molecule has 210 valence electrons. The molecule has 0 saturated heterocycles. The zero-order valence-corrected chi connectivity index (χ0v) is 23.1. The van der Waals surface area contributed by atoms with Crippen molar-refractivity contribution in [3.05, 3.63) is 59.7 Å². The van der Waals surface area contributed by atoms with Gasteiger partial charge in [-0.1, -0.05) is 25.1 Å². The molecule has 2 amide bonds. The fourth-order valence-corrected chi connectivity index (χ4v) is 4.63. The SMILES string of the molecule is CC[C@@H](C(=O)NC(C)(C)C)N(Cc1cccc(OC)c1)C(=O)CN(c1cccc(C(F)(F)F)c1)S(C)(=O)=O. The Labute approximate surface area is 221 Å². The summed E-state index contributed by atoms with van der Waals surface area (Å²) >= 11 is 0. The van der Waals surface area contributed by atoms with Gasteiger partial charge >= 0.3 is 6.18 Å². The highest BCUT2D eigenvalue weighted by Crippen LogP contribution is 2.32. The van der Waals surface area contributed by atoms with E-state index in [1.165, 1.54) is 18.1 Å². The number of rotatable bonds is 10. The largest absolute Gasteiger partial charge is 0.497 e. The molecule has 2 aromatic carbocycles. The van der Waals surface area contributed by atoms with Gasteiger partial charge in [-0.15, -0.1) is 0 Å². The summed E-state index contributed by atoms with van der Waals surface area (Å²) in [6, 6.07) is 9.57. The Kier molecular flexibility index (Phi) is 9.82. The number of anilines is 1. The van der Waals surface area contributed by atoms with Crippen LogP contribution in [0.3, 0.4) is 0 Å². The number of halogens is 3. The first kappa shape index (κ1) is 30.9. The molecule has 8 nitrogen and oxygen atoms in total. The second-order valence-corrected chi connectivity index (χ2v) is 11.8. The van der Waals surface area contributed by atoms with Gasteiger partial charge < -0.3 is 15.0 Å². The number of benzene rings is 2. The van der Waals surface area contributed by atoms with Gasteiger partial charge in [0.2, 0.25) is 21.8 Å². The van der Waals surface area contributed by atoms with Gasteiger partial charge in [0.15, 0.2) is 0 Å². The predicted octanol–water partition coefficient (Wildman–Crippen LogP) is 4.20. The second-order valence-electron chi connectivity index (χ2n) is 9.85. The Balaban J connectivity index is 2.53. The van der Waals surface area contributed by atoms with Crippen LogP contribution in [0, 0.1) is 0 Å². The van der Waals surface area contributed by atoms with Gasteiger partial charge in [0.05, 0.1) is 24.6 Å². The Morgan fingerprint density at radius 1 is 1.05 bits per heavy atom. The molecule has 1 atom stereocenters. The summed E-state index contributed by atoms with van der Waals surface area (Å²) in [7, 11) is -2.70. The maximum Gasteiger partial charge on any atom is 0.416 e. The molecule has 0 heterocycles. The van der Waals surface area contributed by atoms with Gasteiger partial charge in [0, 0.05) is 12.1 Å². The van der Waals surface area contributed by atoms with E-state index in [4.69, 9.17) is 4.74 Å². The van der Waals surface area contributed by atoms with Gasteiger partial charge in [0.1, 0.15) is 18.3 Å². The average Bonchev–Trinajstić information content (AvgIpc) is 2.80. The van der Waals surface area contributed by atoms with E-state index in [1.54, 1.807) is 52.0 Å². The summed E-state index contributed by atoms with van der Waals surface area (Å²) in [5.74, 6) is -0.684. The van der Waals surface area contributed by atoms with E-state index >= 15 is 0 Å². The number of amides is 2. The normalized spacial score (nSPS) is 13.0. The van der Waals surface area contributed by atoms with Crippen LogP contribution in [0.25, 0.3) is 0 Å². The molecular weight excluding hydrogens is 523 g/mol. The molecule has 0 aliphatic carbocycles. The number of hydrogen-bond acceptors (Lipinski definition) is 5. The highest BCUT2D eigenvalue weighted by molar-refractivity contribution is 7.92. The van der Waals surface area contributed by atoms with Crippen molar-refractivity contribution in [1.82, 2.24) is 10.2 Å². The van der Waals surface area contributed by atoms with Crippen molar-refractivity contribution in [2.75, 3.05) is 24.2 Å². The molecule has 0 saturated carbocycles. The van der Waals surface area contributed by atoms with Crippen LogP contribution in [0.15, 0.2) is 48.5 Å². The molecule has 12 heteroatoms. The molecule has 0 spiro atoms. The van der Waals surface area contributed by atoms with Crippen LogP contribution in [-0.4, -0.2) is 56.6 Å². The van der Waals surface area contributed by atoms with Crippen LogP contribution in [0.1, 0.15) is 45.2 Å². The number of alkyl halides is 3. The summed E-state index contributed by atoms with van der Waals surface area (Å²) < 4.78 is 71.0. The van der Waals surface area contributed by atoms with Crippen molar-refractivity contribution in [2.24, 2.45) is 0 Å². The highest BCUT2D eigenvalue weighted by atomic mass is 32.2. The van der Waals surface area contributed by atoms with Gasteiger partial charge in [-0.2, -0.15) is 13.2 Å². The Morgan fingerprint density at radius 3 is 2.21 bits per heavy atom. The van der Waals surface area contributed by atoms with E-state index < -0.39 is 51.7 Å². The molecule has 0 radical (unpaired) electrons. The fraction of sp³-hybridized carbons (Fsp3) is 0.462. The van der Waals surface area contributed by atoms with Crippen LogP contribution in [0.5, 0.6) is 5.75 Å². The lowest BCUT2D eigenvalue weighted by Gasteiger charge is -2.34. The van der Waals surface area contributed by atoms with Crippen molar-refractivity contribution in [3.63, 3.8) is 0 Å². The lowest BCUT2D eigenvalue weighted by atomic mass is 10.1. The zero-order chi connectivity index (χ0) is 28.9. The lowest BCUT2D eigenvalue weighted by Crippen LogP contribution is -2.55. The topological polar surface area (TPSA) is 96.0 Å². The van der Waals surface area contributed by atoms with Gasteiger partial charge in [-0.25, -0.2) is 8.42 Å². The molecule has 0 fully saturated rings. The number of nitrogens with zero attached hydrogens (tertiary/aromatic N) is 2. The third-order valence-electron chi connectivity index (χ3n) is 5.51. The molecule has 1 N–H and O–H groups in total. The first-order chi connectivity index (χ1) is 17.5. The van der Waals surface area contributed by atoms with Crippen LogP contribution in [0.4, 0.5) is 18.9 Å². The quantitative estimate of drug-likeness (QED) is 0.473. The molecule has 0 bridgehead atoms. The van der Waals surface area contributed by atoms with Crippen molar-refractivity contribution in [3.8, 4) is 5.75 Å². The van der Waals surface area contributed by atoms with E-state index in [9.17, 15) is 31.2 Å². The predicted molar refractivity (Wildman–Crippen MR) is 139 cm³/mol. The monoisotopic (exact) mass is 557 g/mol. The summed E-state index contributed by atoms with van der Waals surface area (Å²) in [5.41, 5.74) is -1.36. The van der Waals surface area contributed by atoms with Gasteiger partial charge in [0.25, 0.3) is 0 Å². The molecule has 0 aliphatic heterocycles. The van der Waals surface area contributed by atoms with E-state index in [0.29, 0.717) is 21.7 Å². The second kappa shape index (κ2) is 12.1. The minimum atomic E-state index is -4.71. The molecular formula is C26H34F3N3O5S. The standard InChI is InChI=1S/C26H34F3N3O5S/c1-7-22(24(34)30-25(2,3)4)31(16-18-10-8-13-21(14-18)37-5)23(33)17-32(38(6,35)36)20-12-9-11-19(15-20)26(27,28)29/h8-15,22H,7,16-17H2,1-6H3,(H,30,34)/t22-/m0/s1. The number of ether oxygens (including phenoxy) is 1. The third-order valence-corrected chi connectivity index (χ3v) is 6.65. The first-order valence-corrected chi connectivity index (χ1v) is 13.7. The van der Waals surface area contributed by atoms with Crippen LogP contribution in [-0.2, 0) is 32.3 Å². The summed E-state index contributed by atoms with van der Waals surface area (Å²) in [6.45, 7) is 6.19. The summed E-state index contributed by atoms with van der Waals surface area (Å²) in [4.78, 5) is 28.1. The molecule has 38 heavy (non-hydrogen) atoms. The van der Waals surface area contributed by atoms with Gasteiger partial charge in [-0.3, -0.25) is 13.9 Å². The van der Waals surface area contributed by atoms with Crippen molar-refractivity contribution in [2.45, 2.75) is 58.4 Å². The van der Waals surface area contributed by atoms with Crippen LogP contribution in [0.2, 0.25) is 0 Å². The van der Waals surface area contributed by atoms with Crippen LogP contribution < -0.4 is 14.4 Å². The Morgan fingerprint density at radius 2 is 1.68 bits per heavy atom. The van der Waals surface area contributed by atoms with E-state index in [2.05, 4.69) is 5.32 Å². The molecule has 0 unspecified atom stereocenters. The minimum Gasteiger partial charge on any atom is -0.497 e. The van der Waals surface area contributed by atoms with E-state index in [0.717, 1.165) is 18.4 Å². The van der Waals surface area contributed by atoms with Crippen molar-refractivity contribution in [1.29, 1.82) is 0 Å². The lowest BCUT2D eigenvalue weighted by molar-refractivity contribution is -0.141. The fourth-order valence-electron chi connectivity index (χ4n) is 3.79. The van der Waals surface area contributed by atoms with Crippen LogP contribution >= 0.6 is 0 Å². The van der Waals surface area contributed by atoms with E-state index in [1.807, 2.05) is 0 Å². The number of sulfonamides is 1. The molecule has 2 aromatic rings. The summed E-state index contributed by atoms with van der Waals surface area (Å²) in [5, 5.41) is 2.84. The zero-order valence-electron chi connectivity index (χ0n) is 22.3. The van der Waals surface area contributed by atoms with Crippen molar-refractivity contribution < 1.29 is 35.9 Å². The number of nitrogens with one attached hydrogen (secondary N) is 1. The van der Waals surface area contributed by atoms with Gasteiger partial charge in [-0.05, 0) is 63.1 Å². The third kappa shape index (κ3) is 8.64. The maximum atomic E-state index is 13.7. The first-order valence-electron chi connectivity index (χ1n) is 11.9. The Bertz CT molecular complexity index is 1240. The average molecular weight is 558 g/mol. The summed E-state index contributed by atoms with van der Waals surface area (Å²) in [6.07, 6.45) is -3.70. The van der Waals surface area contributed by atoms with E-state index in [-0.39, 0.29) is 18.7 Å². The maximum absolute atomic E-state index is 13.7. The molecule has 0 aliphatic rings. The number of carbonyl (C=O) groups excluding carboxylic acids is 2. The number of hydrogen-bond donors (Lipinski definition) is 1. The van der Waals surface area contributed by atoms with Crippen molar-refractivity contribution >= 4 is 27.5 Å². The molecule has 2 rings (SSSR count). The minimum absolute atomic E-state index is 0.0632. The molecule has 0 aromatic heterocycles.